The molecule has 0 heterocycles. The molecule has 0 aliphatic rings. The summed E-state index contributed by atoms with van der Waals surface area (Å²) in [5, 5.41) is 3.64. The SMILES string of the molecule is CC(C)(C)[Si](C)(C)O[C@@H](CNCCc1ccc(OCC(F)(F)c2ccccc2)cc1)c1c[c]c(OCc2ccccc2)cc1. The van der Waals surface area contributed by atoms with Gasteiger partial charge in [0.05, 0.1) is 6.10 Å². The number of alkyl halides is 2. The van der Waals surface area contributed by atoms with Crippen molar-refractivity contribution >= 4 is 8.32 Å². The summed E-state index contributed by atoms with van der Waals surface area (Å²) < 4.78 is 47.1. The van der Waals surface area contributed by atoms with E-state index in [4.69, 9.17) is 13.9 Å². The third kappa shape index (κ3) is 9.74. The van der Waals surface area contributed by atoms with Gasteiger partial charge in [-0.3, -0.25) is 0 Å². The fourth-order valence-electron chi connectivity index (χ4n) is 4.37. The van der Waals surface area contributed by atoms with Gasteiger partial charge in [0.1, 0.15) is 18.1 Å². The van der Waals surface area contributed by atoms with Gasteiger partial charge < -0.3 is 19.2 Å². The summed E-state index contributed by atoms with van der Waals surface area (Å²) in [6.45, 7) is 12.4. The van der Waals surface area contributed by atoms with Crippen molar-refractivity contribution in [3.05, 3.63) is 131 Å². The summed E-state index contributed by atoms with van der Waals surface area (Å²) in [6.07, 6.45) is 0.656. The number of hydrogen-bond acceptors (Lipinski definition) is 4. The second-order valence-electron chi connectivity index (χ2n) is 12.6. The van der Waals surface area contributed by atoms with Crippen LogP contribution >= 0.6 is 0 Å². The van der Waals surface area contributed by atoms with E-state index in [0.29, 0.717) is 24.7 Å². The molecule has 0 saturated carbocycles. The van der Waals surface area contributed by atoms with Crippen molar-refractivity contribution in [2.45, 2.75) is 64.0 Å². The van der Waals surface area contributed by atoms with Gasteiger partial charge in [0.25, 0.3) is 0 Å². The van der Waals surface area contributed by atoms with Crippen LogP contribution in [0.3, 0.4) is 0 Å². The quantitative estimate of drug-likeness (QED) is 0.107. The van der Waals surface area contributed by atoms with Crippen LogP contribution < -0.4 is 14.8 Å². The Balaban J connectivity index is 1.30. The van der Waals surface area contributed by atoms with Crippen molar-refractivity contribution in [2.24, 2.45) is 0 Å². The molecule has 0 aliphatic carbocycles. The smallest absolute Gasteiger partial charge is 0.306 e. The van der Waals surface area contributed by atoms with E-state index in [9.17, 15) is 8.78 Å². The predicted octanol–water partition coefficient (Wildman–Crippen LogP) is 9.13. The van der Waals surface area contributed by atoms with Gasteiger partial charge in [-0.15, -0.1) is 0 Å². The van der Waals surface area contributed by atoms with Crippen molar-refractivity contribution in [1.82, 2.24) is 5.32 Å². The fourth-order valence-corrected chi connectivity index (χ4v) is 5.65. The molecule has 4 aromatic rings. The second-order valence-corrected chi connectivity index (χ2v) is 17.3. The number of nitrogens with one attached hydrogen (secondary N) is 1. The van der Waals surface area contributed by atoms with E-state index in [-0.39, 0.29) is 16.7 Å². The Morgan fingerprint density at radius 2 is 1.45 bits per heavy atom. The Hall–Kier alpha value is -3.52. The normalized spacial score (nSPS) is 13.0. The molecular formula is C37H44F2NO3Si. The lowest BCUT2D eigenvalue weighted by Crippen LogP contribution is -2.43. The highest BCUT2D eigenvalue weighted by Crippen LogP contribution is 2.40. The zero-order valence-electron chi connectivity index (χ0n) is 26.4. The molecule has 4 nitrogen and oxygen atoms in total. The molecule has 0 unspecified atom stereocenters. The number of benzene rings is 4. The van der Waals surface area contributed by atoms with Gasteiger partial charge in [0.15, 0.2) is 14.9 Å². The third-order valence-electron chi connectivity index (χ3n) is 8.12. The lowest BCUT2D eigenvalue weighted by Gasteiger charge is -2.39. The zero-order valence-corrected chi connectivity index (χ0v) is 27.4. The highest BCUT2D eigenvalue weighted by atomic mass is 28.4. The number of halogens is 2. The maximum Gasteiger partial charge on any atom is 0.306 e. The molecule has 44 heavy (non-hydrogen) atoms. The predicted molar refractivity (Wildman–Crippen MR) is 176 cm³/mol. The van der Waals surface area contributed by atoms with Crippen LogP contribution in [0.4, 0.5) is 8.78 Å². The first-order valence-corrected chi connectivity index (χ1v) is 18.1. The average Bonchev–Trinajstić information content (AvgIpc) is 3.02. The van der Waals surface area contributed by atoms with Crippen LogP contribution in [0.15, 0.2) is 103 Å². The highest BCUT2D eigenvalue weighted by Gasteiger charge is 2.39. The molecule has 4 rings (SSSR count). The Labute approximate surface area is 262 Å². The molecule has 0 amide bonds. The van der Waals surface area contributed by atoms with Crippen molar-refractivity contribution in [2.75, 3.05) is 19.7 Å². The Morgan fingerprint density at radius 3 is 2.07 bits per heavy atom. The topological polar surface area (TPSA) is 39.7 Å². The molecule has 0 fully saturated rings. The summed E-state index contributed by atoms with van der Waals surface area (Å²) in [4.78, 5) is 0. The second kappa shape index (κ2) is 15.0. The minimum absolute atomic E-state index is 0.0521. The van der Waals surface area contributed by atoms with Crippen LogP contribution in [-0.4, -0.2) is 28.0 Å². The molecule has 1 atom stereocenters. The van der Waals surface area contributed by atoms with Crippen molar-refractivity contribution in [3.8, 4) is 11.5 Å². The van der Waals surface area contributed by atoms with E-state index in [0.717, 1.165) is 29.7 Å². The molecule has 4 aromatic carbocycles. The molecule has 0 aromatic heterocycles. The summed E-state index contributed by atoms with van der Waals surface area (Å²) in [5.74, 6) is -1.93. The Bertz CT molecular complexity index is 1410. The van der Waals surface area contributed by atoms with Crippen LogP contribution in [0, 0.1) is 6.07 Å². The van der Waals surface area contributed by atoms with Gasteiger partial charge in [-0.1, -0.05) is 99.6 Å². The van der Waals surface area contributed by atoms with Gasteiger partial charge in [0, 0.05) is 18.2 Å². The zero-order chi connectivity index (χ0) is 31.6. The first-order valence-electron chi connectivity index (χ1n) is 15.1. The largest absolute Gasteiger partial charge is 0.488 e. The maximum absolute atomic E-state index is 14.5. The molecule has 0 spiro atoms. The lowest BCUT2D eigenvalue weighted by atomic mass is 10.1. The van der Waals surface area contributed by atoms with E-state index in [1.807, 2.05) is 54.6 Å². The Morgan fingerprint density at radius 1 is 0.795 bits per heavy atom. The van der Waals surface area contributed by atoms with Crippen LogP contribution in [0.25, 0.3) is 0 Å². The van der Waals surface area contributed by atoms with Gasteiger partial charge in [-0.05, 0) is 72.1 Å². The third-order valence-corrected chi connectivity index (χ3v) is 12.6. The first-order chi connectivity index (χ1) is 20.9. The van der Waals surface area contributed by atoms with Crippen molar-refractivity contribution in [3.63, 3.8) is 0 Å². The molecular weight excluding hydrogens is 572 g/mol. The minimum atomic E-state index is -3.06. The number of rotatable bonds is 15. The summed E-state index contributed by atoms with van der Waals surface area (Å²) in [5.41, 5.74) is 3.21. The molecule has 0 saturated heterocycles. The average molecular weight is 617 g/mol. The molecule has 0 aliphatic heterocycles. The van der Waals surface area contributed by atoms with E-state index >= 15 is 0 Å². The van der Waals surface area contributed by atoms with Crippen LogP contribution in [-0.2, 0) is 23.4 Å². The summed E-state index contributed by atoms with van der Waals surface area (Å²) in [6, 6.07) is 34.4. The molecule has 233 valence electrons. The van der Waals surface area contributed by atoms with E-state index < -0.39 is 20.8 Å². The molecule has 0 bridgehead atoms. The van der Waals surface area contributed by atoms with Gasteiger partial charge in [-0.25, -0.2) is 0 Å². The first kappa shape index (κ1) is 33.4. The van der Waals surface area contributed by atoms with Crippen molar-refractivity contribution < 1.29 is 22.7 Å². The monoisotopic (exact) mass is 616 g/mol. The molecule has 7 heteroatoms. The number of hydrogen-bond donors (Lipinski definition) is 1. The van der Waals surface area contributed by atoms with Crippen LogP contribution in [0.5, 0.6) is 11.5 Å². The van der Waals surface area contributed by atoms with E-state index in [2.05, 4.69) is 51.3 Å². The molecule has 1 radical (unpaired) electrons. The van der Waals surface area contributed by atoms with Gasteiger partial charge in [-0.2, -0.15) is 8.78 Å². The summed E-state index contributed by atoms with van der Waals surface area (Å²) in [7, 11) is -2.05. The maximum atomic E-state index is 14.5. The minimum Gasteiger partial charge on any atom is -0.488 e. The lowest BCUT2D eigenvalue weighted by molar-refractivity contribution is -0.0467. The Kier molecular flexibility index (Phi) is 11.4. The van der Waals surface area contributed by atoms with Gasteiger partial charge >= 0.3 is 5.92 Å². The molecule has 1 N–H and O–H groups in total. The fraction of sp³-hybridized carbons (Fsp3) is 0.351. The van der Waals surface area contributed by atoms with E-state index in [1.165, 1.54) is 12.1 Å². The number of ether oxygens (including phenoxy) is 2. The van der Waals surface area contributed by atoms with E-state index in [1.54, 1.807) is 30.3 Å². The van der Waals surface area contributed by atoms with Crippen molar-refractivity contribution in [1.29, 1.82) is 0 Å². The summed E-state index contributed by atoms with van der Waals surface area (Å²) >= 11 is 0. The van der Waals surface area contributed by atoms with Crippen LogP contribution in [0.1, 0.15) is 49.1 Å². The van der Waals surface area contributed by atoms with Gasteiger partial charge in [0.2, 0.25) is 0 Å². The highest BCUT2D eigenvalue weighted by molar-refractivity contribution is 6.74. The standard InChI is InChI=1S/C37H44F2NO3Si/c1-36(2,3)44(4,5)43-35(31-18-22-33(23-19-31)41-27-30-12-8-6-9-13-30)26-40-25-24-29-16-20-34(21-17-29)42-28-37(38,39)32-14-10-7-11-15-32/h6-22,35,40H,24-28H2,1-5H3/t35-/m0/s1. The van der Waals surface area contributed by atoms with Crippen LogP contribution in [0.2, 0.25) is 18.1 Å².